The number of hydrogen-bond acceptors (Lipinski definition) is 12. The Morgan fingerprint density at radius 2 is 1.55 bits per heavy atom. The van der Waals surface area contributed by atoms with E-state index >= 15 is 0 Å². The number of nitrogens with one attached hydrogen (secondary N) is 5. The van der Waals surface area contributed by atoms with Crippen LogP contribution in [0.2, 0.25) is 0 Å². The second-order valence-corrected chi connectivity index (χ2v) is 14.3. The summed E-state index contributed by atoms with van der Waals surface area (Å²) in [5.41, 5.74) is 6.05. The molecule has 56 heavy (non-hydrogen) atoms. The van der Waals surface area contributed by atoms with Crippen LogP contribution >= 0.6 is 7.82 Å². The number of methoxy groups -OCH3 is 1. The number of H-pyrrole nitrogens is 1. The van der Waals surface area contributed by atoms with Gasteiger partial charge in [-0.05, 0) is 24.8 Å². The van der Waals surface area contributed by atoms with Crippen molar-refractivity contribution in [3.63, 3.8) is 0 Å². The number of imidazole rings is 1. The molecule has 22 heteroatoms. The number of hydrogen-bond donors (Lipinski definition) is 9. The normalized spacial score (nSPS) is 14.1. The van der Waals surface area contributed by atoms with Crippen molar-refractivity contribution in [3.8, 4) is 0 Å². The summed E-state index contributed by atoms with van der Waals surface area (Å²) in [6.45, 7) is 4.10. The molecule has 5 atom stereocenters. The summed E-state index contributed by atoms with van der Waals surface area (Å²) in [6, 6.07) is 2.84. The zero-order chi connectivity index (χ0) is 41.8. The number of benzene rings is 1. The predicted molar refractivity (Wildman–Crippen MR) is 198 cm³/mol. The van der Waals surface area contributed by atoms with E-state index in [4.69, 9.17) is 25.0 Å². The van der Waals surface area contributed by atoms with Gasteiger partial charge in [-0.3, -0.25) is 33.3 Å². The number of aliphatic hydroxyl groups is 1. The molecule has 1 aromatic heterocycles. The van der Waals surface area contributed by atoms with Crippen LogP contribution in [0.25, 0.3) is 0 Å². The monoisotopic (exact) mass is 812 g/mol. The summed E-state index contributed by atoms with van der Waals surface area (Å²) in [6.07, 6.45) is 1.12. The third kappa shape index (κ3) is 17.8. The number of amides is 6. The molecular formula is C34H53N8O13P. The van der Waals surface area contributed by atoms with E-state index in [9.17, 15) is 38.4 Å². The summed E-state index contributed by atoms with van der Waals surface area (Å²) in [7, 11) is -3.58. The Bertz CT molecular complexity index is 1610. The number of aromatic nitrogens is 2. The van der Waals surface area contributed by atoms with Gasteiger partial charge in [0.15, 0.2) is 0 Å². The van der Waals surface area contributed by atoms with Crippen LogP contribution in [0.15, 0.2) is 42.7 Å². The lowest BCUT2D eigenvalue weighted by atomic mass is 10.0. The molecule has 0 aliphatic rings. The van der Waals surface area contributed by atoms with Crippen LogP contribution in [-0.2, 0) is 60.3 Å². The summed E-state index contributed by atoms with van der Waals surface area (Å²) >= 11 is 0. The fourth-order valence-electron chi connectivity index (χ4n) is 5.22. The zero-order valence-corrected chi connectivity index (χ0v) is 32.6. The van der Waals surface area contributed by atoms with Crippen molar-refractivity contribution in [2.24, 2.45) is 11.7 Å². The van der Waals surface area contributed by atoms with Gasteiger partial charge in [0.25, 0.3) is 0 Å². The molecule has 0 fully saturated rings. The number of nitrogens with two attached hydrogens (primary N) is 1. The number of carbonyl (C=O) groups excluding carboxylic acids is 6. The van der Waals surface area contributed by atoms with E-state index in [1.807, 2.05) is 19.9 Å². The van der Waals surface area contributed by atoms with Crippen LogP contribution in [-0.4, -0.2) is 136 Å². The van der Waals surface area contributed by atoms with Crippen LogP contribution in [0.4, 0.5) is 0 Å². The number of rotatable bonds is 26. The highest BCUT2D eigenvalue weighted by molar-refractivity contribution is 7.46. The molecular weight excluding hydrogens is 759 g/mol. The van der Waals surface area contributed by atoms with Crippen molar-refractivity contribution in [2.75, 3.05) is 40.1 Å². The Hall–Kier alpha value is -4.76. The Labute approximate surface area is 324 Å². The molecule has 6 amide bonds. The standard InChI is InChI=1S/C34H53N8O13P/c1-21(2)16-24(38-28(44)19-42(18-23-8-6-5-7-9-23)29(45)10-13-54-15-14-53-4)32(47)39-25(17-27-36-11-12-37-27)33(48)40-26(20-43)34(49)41-30(31(35)46)22(3)55-56(50,51)52/h5-9,11-12,21-22,24-26,30,43H,10,13-20H2,1-4H3,(H2,35,46)(H,36,37)(H,38,44)(H,39,47)(H,40,48)(H,41,49)(H2,50,51,52)/t22-,24+,25+,26+,30+/m1/s1. The van der Waals surface area contributed by atoms with E-state index in [1.165, 1.54) is 24.4 Å². The molecule has 0 aliphatic carbocycles. The molecule has 0 radical (unpaired) electrons. The van der Waals surface area contributed by atoms with Gasteiger partial charge in [0, 0.05) is 32.5 Å². The van der Waals surface area contributed by atoms with Crippen LogP contribution < -0.4 is 27.0 Å². The number of phosphoric ester groups is 1. The molecule has 0 unspecified atom stereocenters. The molecule has 312 valence electrons. The number of carbonyl (C=O) groups is 6. The smallest absolute Gasteiger partial charge is 0.394 e. The van der Waals surface area contributed by atoms with Gasteiger partial charge in [-0.2, -0.15) is 0 Å². The number of primary amides is 1. The number of phosphoric acid groups is 1. The van der Waals surface area contributed by atoms with Gasteiger partial charge in [0.05, 0.1) is 45.5 Å². The fourth-order valence-corrected chi connectivity index (χ4v) is 5.77. The molecule has 2 rings (SSSR count). The largest absolute Gasteiger partial charge is 0.469 e. The SMILES string of the molecule is COCCOCCC(=O)N(CC(=O)N[C@@H](CC(C)C)C(=O)N[C@@H](Cc1ncc[nH]1)C(=O)N[C@@H](CO)C(=O)N[C@H](C(N)=O)[C@@H](C)OP(=O)(O)O)Cc1ccccc1. The second kappa shape index (κ2) is 24.0. The summed E-state index contributed by atoms with van der Waals surface area (Å²) in [5.74, 6) is -5.08. The van der Waals surface area contributed by atoms with E-state index in [-0.39, 0.29) is 56.7 Å². The van der Waals surface area contributed by atoms with E-state index in [0.29, 0.717) is 6.61 Å². The average molecular weight is 813 g/mol. The van der Waals surface area contributed by atoms with Crippen LogP contribution in [0.5, 0.6) is 0 Å². The maximum atomic E-state index is 13.8. The molecule has 0 spiro atoms. The van der Waals surface area contributed by atoms with Crippen molar-refractivity contribution < 1.29 is 62.2 Å². The maximum absolute atomic E-state index is 13.8. The number of aliphatic hydroxyl groups excluding tert-OH is 1. The Kier molecular flexibility index (Phi) is 20.3. The molecule has 0 bridgehead atoms. The lowest BCUT2D eigenvalue weighted by Gasteiger charge is -2.27. The summed E-state index contributed by atoms with van der Waals surface area (Å²) in [4.78, 5) is 106. The van der Waals surface area contributed by atoms with Crippen LogP contribution in [0.3, 0.4) is 0 Å². The Morgan fingerprint density at radius 3 is 2.12 bits per heavy atom. The molecule has 21 nitrogen and oxygen atoms in total. The lowest BCUT2D eigenvalue weighted by molar-refractivity contribution is -0.139. The molecule has 10 N–H and O–H groups in total. The van der Waals surface area contributed by atoms with Crippen molar-refractivity contribution >= 4 is 43.3 Å². The lowest BCUT2D eigenvalue weighted by Crippen LogP contribution is -2.60. The van der Waals surface area contributed by atoms with Crippen LogP contribution in [0.1, 0.15) is 45.0 Å². The first kappa shape index (κ1) is 47.4. The van der Waals surface area contributed by atoms with Gasteiger partial charge in [-0.1, -0.05) is 44.2 Å². The van der Waals surface area contributed by atoms with E-state index in [2.05, 4.69) is 35.8 Å². The van der Waals surface area contributed by atoms with Crippen molar-refractivity contribution in [1.29, 1.82) is 0 Å². The minimum absolute atomic E-state index is 0.0143. The molecule has 0 saturated heterocycles. The Morgan fingerprint density at radius 1 is 0.911 bits per heavy atom. The molecule has 1 heterocycles. The minimum Gasteiger partial charge on any atom is -0.394 e. The first-order valence-corrected chi connectivity index (χ1v) is 19.2. The van der Waals surface area contributed by atoms with Gasteiger partial charge in [-0.25, -0.2) is 9.55 Å². The van der Waals surface area contributed by atoms with Crippen molar-refractivity contribution in [3.05, 3.63) is 54.1 Å². The third-order valence-electron chi connectivity index (χ3n) is 7.93. The number of nitrogens with zero attached hydrogens (tertiary/aromatic N) is 2. The molecule has 0 aliphatic heterocycles. The quantitative estimate of drug-likeness (QED) is 0.0367. The Balaban J connectivity index is 2.24. The van der Waals surface area contributed by atoms with Crippen LogP contribution in [0, 0.1) is 5.92 Å². The fraction of sp³-hybridized carbons (Fsp3) is 0.559. The highest BCUT2D eigenvalue weighted by Gasteiger charge is 2.35. The van der Waals surface area contributed by atoms with Gasteiger partial charge >= 0.3 is 7.82 Å². The molecule has 1 aromatic carbocycles. The van der Waals surface area contributed by atoms with Crippen molar-refractivity contribution in [2.45, 2.75) is 76.8 Å². The second-order valence-electron chi connectivity index (χ2n) is 13.1. The van der Waals surface area contributed by atoms with Gasteiger partial charge < -0.3 is 61.3 Å². The van der Waals surface area contributed by atoms with E-state index < -0.39 is 80.8 Å². The van der Waals surface area contributed by atoms with Crippen molar-refractivity contribution in [1.82, 2.24) is 36.1 Å². The van der Waals surface area contributed by atoms with E-state index in [1.54, 1.807) is 24.3 Å². The maximum Gasteiger partial charge on any atom is 0.469 e. The van der Waals surface area contributed by atoms with Gasteiger partial charge in [-0.15, -0.1) is 0 Å². The van der Waals surface area contributed by atoms with E-state index in [0.717, 1.165) is 12.5 Å². The number of aromatic amines is 1. The summed E-state index contributed by atoms with van der Waals surface area (Å²) < 4.78 is 26.1. The zero-order valence-electron chi connectivity index (χ0n) is 31.7. The topological polar surface area (TPSA) is 314 Å². The van der Waals surface area contributed by atoms with Gasteiger partial charge in [0.1, 0.15) is 30.0 Å². The first-order chi connectivity index (χ1) is 26.4. The average Bonchev–Trinajstić information content (AvgIpc) is 3.64. The summed E-state index contributed by atoms with van der Waals surface area (Å²) in [5, 5.41) is 19.6. The highest BCUT2D eigenvalue weighted by Crippen LogP contribution is 2.38. The molecule has 0 saturated carbocycles. The minimum atomic E-state index is -5.11. The number of ether oxygens (including phenoxy) is 2. The first-order valence-electron chi connectivity index (χ1n) is 17.6. The van der Waals surface area contributed by atoms with Gasteiger partial charge in [0.2, 0.25) is 35.4 Å². The molecule has 2 aromatic rings. The third-order valence-corrected chi connectivity index (χ3v) is 8.54. The highest BCUT2D eigenvalue weighted by atomic mass is 31.2. The predicted octanol–water partition coefficient (Wildman–Crippen LogP) is -2.01.